The Labute approximate surface area is 153 Å². The van der Waals surface area contributed by atoms with Crippen LogP contribution in [0.3, 0.4) is 0 Å². The summed E-state index contributed by atoms with van der Waals surface area (Å²) >= 11 is 1.62. The molecule has 0 radical (unpaired) electrons. The molecular weight excluding hydrogens is 350 g/mol. The Kier molecular flexibility index (Phi) is 4.16. The molecule has 6 nitrogen and oxygen atoms in total. The number of aromatic nitrogens is 2. The van der Waals surface area contributed by atoms with Crippen molar-refractivity contribution in [3.05, 3.63) is 66.6 Å². The van der Waals surface area contributed by atoms with Crippen LogP contribution in [0.5, 0.6) is 0 Å². The summed E-state index contributed by atoms with van der Waals surface area (Å²) in [5.74, 6) is 1.14. The average molecular weight is 367 g/mol. The summed E-state index contributed by atoms with van der Waals surface area (Å²) in [6.07, 6.45) is 6.58. The van der Waals surface area contributed by atoms with Crippen LogP contribution >= 0.6 is 11.3 Å². The number of nitro benzene ring substituents is 1. The van der Waals surface area contributed by atoms with Crippen LogP contribution in [0.2, 0.25) is 0 Å². The molecule has 3 aromatic rings. The van der Waals surface area contributed by atoms with Crippen LogP contribution < -0.4 is 5.56 Å². The maximum Gasteiger partial charge on any atom is 0.269 e. The van der Waals surface area contributed by atoms with Gasteiger partial charge in [0.25, 0.3) is 11.2 Å². The smallest absolute Gasteiger partial charge is 0.269 e. The molecule has 0 saturated carbocycles. The third-order valence-corrected chi connectivity index (χ3v) is 5.87. The molecule has 7 heteroatoms. The van der Waals surface area contributed by atoms with Crippen molar-refractivity contribution in [2.24, 2.45) is 5.92 Å². The number of non-ortho nitro benzene ring substituents is 1. The van der Waals surface area contributed by atoms with Crippen molar-refractivity contribution in [1.29, 1.82) is 0 Å². The number of benzene rings is 1. The van der Waals surface area contributed by atoms with Crippen LogP contribution in [0, 0.1) is 16.0 Å². The molecule has 1 aromatic carbocycles. The average Bonchev–Trinajstić information content (AvgIpc) is 2.98. The molecular formula is C19H17N3O3S. The summed E-state index contributed by atoms with van der Waals surface area (Å²) < 4.78 is 0. The van der Waals surface area contributed by atoms with Gasteiger partial charge in [-0.2, -0.15) is 0 Å². The molecule has 132 valence electrons. The lowest BCUT2D eigenvalue weighted by molar-refractivity contribution is -0.384. The van der Waals surface area contributed by atoms with E-state index in [1.165, 1.54) is 22.6 Å². The minimum absolute atomic E-state index is 0.0495. The zero-order chi connectivity index (χ0) is 18.3. The Bertz CT molecular complexity index is 1080. The molecule has 0 saturated heterocycles. The second kappa shape index (κ2) is 6.49. The minimum atomic E-state index is -0.431. The van der Waals surface area contributed by atoms with Crippen molar-refractivity contribution in [2.75, 3.05) is 0 Å². The highest BCUT2D eigenvalue weighted by atomic mass is 32.1. The van der Waals surface area contributed by atoms with Gasteiger partial charge < -0.3 is 4.98 Å². The van der Waals surface area contributed by atoms with Gasteiger partial charge in [-0.3, -0.25) is 14.9 Å². The molecule has 0 amide bonds. The molecule has 1 aliphatic rings. The van der Waals surface area contributed by atoms with Crippen LogP contribution in [0.4, 0.5) is 5.69 Å². The number of fused-ring (bicyclic) bond motifs is 3. The first-order valence-corrected chi connectivity index (χ1v) is 9.30. The van der Waals surface area contributed by atoms with E-state index in [1.54, 1.807) is 35.6 Å². The van der Waals surface area contributed by atoms with E-state index in [9.17, 15) is 14.9 Å². The van der Waals surface area contributed by atoms with Crippen molar-refractivity contribution in [3.63, 3.8) is 0 Å². The molecule has 1 aliphatic carbocycles. The first kappa shape index (κ1) is 16.7. The van der Waals surface area contributed by atoms with Gasteiger partial charge in [-0.15, -0.1) is 11.3 Å². The van der Waals surface area contributed by atoms with E-state index in [-0.39, 0.29) is 11.2 Å². The second-order valence-electron chi connectivity index (χ2n) is 6.67. The van der Waals surface area contributed by atoms with Gasteiger partial charge >= 0.3 is 0 Å². The zero-order valence-corrected chi connectivity index (χ0v) is 15.0. The van der Waals surface area contributed by atoms with Crippen molar-refractivity contribution in [1.82, 2.24) is 9.97 Å². The van der Waals surface area contributed by atoms with Crippen LogP contribution in [-0.4, -0.2) is 14.9 Å². The second-order valence-corrected chi connectivity index (χ2v) is 7.75. The van der Waals surface area contributed by atoms with Gasteiger partial charge in [-0.1, -0.05) is 13.0 Å². The fourth-order valence-electron chi connectivity index (χ4n) is 3.33. The Balaban J connectivity index is 1.67. The molecule has 1 N–H and O–H groups in total. The number of hydrogen-bond donors (Lipinski definition) is 1. The molecule has 0 aliphatic heterocycles. The zero-order valence-electron chi connectivity index (χ0n) is 14.2. The largest absolute Gasteiger partial charge is 0.306 e. The van der Waals surface area contributed by atoms with Crippen LogP contribution in [-0.2, 0) is 12.8 Å². The Morgan fingerprint density at radius 2 is 2.08 bits per heavy atom. The summed E-state index contributed by atoms with van der Waals surface area (Å²) in [5.41, 5.74) is 1.93. The molecule has 0 fully saturated rings. The number of nitrogens with one attached hydrogen (secondary N) is 1. The quantitative estimate of drug-likeness (QED) is 0.555. The number of hydrogen-bond acceptors (Lipinski definition) is 5. The summed E-state index contributed by atoms with van der Waals surface area (Å²) in [6.45, 7) is 2.24. The van der Waals surface area contributed by atoms with Crippen molar-refractivity contribution in [3.8, 4) is 0 Å². The number of aromatic amines is 1. The Hall–Kier alpha value is -2.80. The van der Waals surface area contributed by atoms with Crippen molar-refractivity contribution < 1.29 is 4.92 Å². The van der Waals surface area contributed by atoms with Crippen molar-refractivity contribution in [2.45, 2.75) is 26.2 Å². The summed E-state index contributed by atoms with van der Waals surface area (Å²) in [4.78, 5) is 32.3. The van der Waals surface area contributed by atoms with E-state index in [4.69, 9.17) is 0 Å². The van der Waals surface area contributed by atoms with Crippen LogP contribution in [0.25, 0.3) is 22.4 Å². The molecule has 0 unspecified atom stereocenters. The first-order chi connectivity index (χ1) is 12.5. The maximum absolute atomic E-state index is 12.5. The highest BCUT2D eigenvalue weighted by molar-refractivity contribution is 7.18. The lowest BCUT2D eigenvalue weighted by Crippen LogP contribution is -2.13. The van der Waals surface area contributed by atoms with Gasteiger partial charge in [0.1, 0.15) is 10.7 Å². The standard InChI is InChI=1S/C19H17N3O3S/c1-11-2-8-14-15(10-11)26-19-17(14)18(23)20-16(21-19)9-5-12-3-6-13(7-4-12)22(24)25/h3-7,9,11H,2,8,10H2,1H3,(H,20,21,23)/b9-5+/t11-/m0/s1. The van der Waals surface area contributed by atoms with Gasteiger partial charge in [-0.05, 0) is 54.5 Å². The predicted molar refractivity (Wildman–Crippen MR) is 103 cm³/mol. The van der Waals surface area contributed by atoms with E-state index in [0.29, 0.717) is 11.7 Å². The lowest BCUT2D eigenvalue weighted by Gasteiger charge is -2.17. The normalized spacial score (nSPS) is 16.9. The number of nitro groups is 1. The third kappa shape index (κ3) is 3.06. The van der Waals surface area contributed by atoms with Gasteiger partial charge in [-0.25, -0.2) is 4.98 Å². The number of H-pyrrole nitrogens is 1. The van der Waals surface area contributed by atoms with Gasteiger partial charge in [0.2, 0.25) is 0 Å². The number of thiophene rings is 1. The SMILES string of the molecule is C[C@H]1CCc2c(sc3nc(/C=C/c4ccc([N+](=O)[O-])cc4)[nH]c(=O)c23)C1. The topological polar surface area (TPSA) is 88.9 Å². The van der Waals surface area contributed by atoms with E-state index in [0.717, 1.165) is 35.0 Å². The molecule has 0 bridgehead atoms. The number of rotatable bonds is 3. The van der Waals surface area contributed by atoms with Crippen LogP contribution in [0.15, 0.2) is 29.1 Å². The summed E-state index contributed by atoms with van der Waals surface area (Å²) in [7, 11) is 0. The maximum atomic E-state index is 12.5. The molecule has 4 rings (SSSR count). The highest BCUT2D eigenvalue weighted by Gasteiger charge is 2.22. The molecule has 2 aromatic heterocycles. The van der Waals surface area contributed by atoms with E-state index in [1.807, 2.05) is 0 Å². The lowest BCUT2D eigenvalue weighted by atomic mass is 9.89. The molecule has 26 heavy (non-hydrogen) atoms. The first-order valence-electron chi connectivity index (χ1n) is 8.48. The van der Waals surface area contributed by atoms with E-state index < -0.39 is 4.92 Å². The summed E-state index contributed by atoms with van der Waals surface area (Å²) in [5, 5.41) is 11.4. The third-order valence-electron chi connectivity index (χ3n) is 4.72. The fraction of sp³-hybridized carbons (Fsp3) is 0.263. The molecule has 2 heterocycles. The van der Waals surface area contributed by atoms with E-state index in [2.05, 4.69) is 16.9 Å². The molecule has 1 atom stereocenters. The monoisotopic (exact) mass is 367 g/mol. The van der Waals surface area contributed by atoms with Gasteiger partial charge in [0.15, 0.2) is 0 Å². The molecule has 0 spiro atoms. The fourth-order valence-corrected chi connectivity index (χ4v) is 4.72. The summed E-state index contributed by atoms with van der Waals surface area (Å²) in [6, 6.07) is 6.23. The minimum Gasteiger partial charge on any atom is -0.306 e. The number of aryl methyl sites for hydroxylation is 1. The van der Waals surface area contributed by atoms with Gasteiger partial charge in [0.05, 0.1) is 10.3 Å². The van der Waals surface area contributed by atoms with E-state index >= 15 is 0 Å². The van der Waals surface area contributed by atoms with Crippen molar-refractivity contribution >= 4 is 39.4 Å². The Morgan fingerprint density at radius 1 is 1.31 bits per heavy atom. The van der Waals surface area contributed by atoms with Crippen LogP contribution in [0.1, 0.15) is 35.2 Å². The predicted octanol–water partition coefficient (Wildman–Crippen LogP) is 4.19. The number of nitrogens with zero attached hydrogens (tertiary/aromatic N) is 2. The Morgan fingerprint density at radius 3 is 2.81 bits per heavy atom. The highest BCUT2D eigenvalue weighted by Crippen LogP contribution is 2.35. The van der Waals surface area contributed by atoms with Gasteiger partial charge in [0, 0.05) is 17.0 Å².